The van der Waals surface area contributed by atoms with Crippen molar-refractivity contribution in [2.75, 3.05) is 18.0 Å². The number of imidazole rings is 1. The molecule has 1 saturated heterocycles. The van der Waals surface area contributed by atoms with E-state index >= 15 is 0 Å². The highest BCUT2D eigenvalue weighted by Crippen LogP contribution is 2.34. The van der Waals surface area contributed by atoms with Crippen LogP contribution in [0, 0.1) is 6.92 Å². The summed E-state index contributed by atoms with van der Waals surface area (Å²) in [5.74, 6) is 0. The lowest BCUT2D eigenvalue weighted by Gasteiger charge is -2.19. The summed E-state index contributed by atoms with van der Waals surface area (Å²) in [5, 5.41) is 3.12. The first-order chi connectivity index (χ1) is 15.0. The van der Waals surface area contributed by atoms with Crippen molar-refractivity contribution in [1.29, 1.82) is 0 Å². The van der Waals surface area contributed by atoms with E-state index in [4.69, 9.17) is 0 Å². The summed E-state index contributed by atoms with van der Waals surface area (Å²) >= 11 is 3.41. The zero-order chi connectivity index (χ0) is 21.5. The average molecular weight is 481 g/mol. The van der Waals surface area contributed by atoms with Gasteiger partial charge in [0.25, 0.3) is 5.56 Å². The Hall–Kier alpha value is -3.33. The first kappa shape index (κ1) is 19.6. The quantitative estimate of drug-likeness (QED) is 0.387. The first-order valence-electron chi connectivity index (χ1n) is 10.1. The van der Waals surface area contributed by atoms with Gasteiger partial charge in [0.15, 0.2) is 0 Å². The van der Waals surface area contributed by atoms with E-state index in [9.17, 15) is 9.59 Å². The summed E-state index contributed by atoms with van der Waals surface area (Å²) in [4.78, 5) is 37.3. The van der Waals surface area contributed by atoms with Gasteiger partial charge in [-0.1, -0.05) is 15.9 Å². The zero-order valence-corrected chi connectivity index (χ0v) is 18.5. The maximum Gasteiger partial charge on any atom is 0.323 e. The molecule has 0 aliphatic carbocycles. The topological polar surface area (TPSA) is 102 Å². The Balaban J connectivity index is 1.57. The number of H-pyrrole nitrogens is 3. The van der Waals surface area contributed by atoms with Crippen LogP contribution in [0.4, 0.5) is 11.4 Å². The third-order valence-corrected chi connectivity index (χ3v) is 6.12. The molecule has 0 spiro atoms. The van der Waals surface area contributed by atoms with Crippen molar-refractivity contribution in [2.24, 2.45) is 4.99 Å². The maximum absolute atomic E-state index is 13.0. The molecule has 1 aliphatic rings. The van der Waals surface area contributed by atoms with Crippen molar-refractivity contribution < 1.29 is 0 Å². The van der Waals surface area contributed by atoms with Crippen LogP contribution in [0.2, 0.25) is 0 Å². The number of aryl methyl sites for hydroxylation is 1. The van der Waals surface area contributed by atoms with Gasteiger partial charge in [0.2, 0.25) is 0 Å². The van der Waals surface area contributed by atoms with Gasteiger partial charge in [-0.2, -0.15) is 0 Å². The van der Waals surface area contributed by atoms with Gasteiger partial charge < -0.3 is 14.9 Å². The lowest BCUT2D eigenvalue weighted by Crippen LogP contribution is -2.18. The SMILES string of the molecule is Cc1[nH]n(-c2ccc(Br)cc2)c(=O)c1C=Nc1cc2[nH]c(=O)[nH]c2cc1N1CCCC1. The highest BCUT2D eigenvalue weighted by Gasteiger charge is 2.18. The molecule has 5 rings (SSSR count). The Morgan fingerprint density at radius 3 is 2.42 bits per heavy atom. The summed E-state index contributed by atoms with van der Waals surface area (Å²) in [6, 6.07) is 11.3. The standard InChI is InChI=1S/C22H21BrN6O2/c1-13-16(21(30)29(27-13)15-6-4-14(23)5-7-15)12-24-19-10-17-18(26-22(31)25-17)11-20(19)28-8-2-3-9-28/h4-7,10-12,27H,2-3,8-9H2,1H3,(H2,25,26,31). The van der Waals surface area contributed by atoms with Crippen LogP contribution in [-0.4, -0.2) is 39.1 Å². The average Bonchev–Trinajstić information content (AvgIpc) is 3.46. The van der Waals surface area contributed by atoms with Crippen LogP contribution < -0.4 is 16.1 Å². The summed E-state index contributed by atoms with van der Waals surface area (Å²) in [7, 11) is 0. The highest BCUT2D eigenvalue weighted by atomic mass is 79.9. The molecule has 31 heavy (non-hydrogen) atoms. The molecular formula is C22H21BrN6O2. The number of halogens is 1. The highest BCUT2D eigenvalue weighted by molar-refractivity contribution is 9.10. The van der Waals surface area contributed by atoms with E-state index in [-0.39, 0.29) is 11.2 Å². The van der Waals surface area contributed by atoms with Gasteiger partial charge in [-0.05, 0) is 56.2 Å². The largest absolute Gasteiger partial charge is 0.370 e. The van der Waals surface area contributed by atoms with Crippen LogP contribution >= 0.6 is 15.9 Å². The number of nitrogens with zero attached hydrogens (tertiary/aromatic N) is 3. The molecule has 3 N–H and O–H groups in total. The molecule has 0 radical (unpaired) electrons. The minimum absolute atomic E-state index is 0.164. The number of benzene rings is 2. The molecule has 4 aromatic rings. The van der Waals surface area contributed by atoms with E-state index in [1.165, 1.54) is 4.68 Å². The smallest absolute Gasteiger partial charge is 0.323 e. The van der Waals surface area contributed by atoms with Gasteiger partial charge in [0, 0.05) is 29.5 Å². The summed E-state index contributed by atoms with van der Waals surface area (Å²) in [6.45, 7) is 3.75. The van der Waals surface area contributed by atoms with Crippen LogP contribution in [0.1, 0.15) is 24.1 Å². The van der Waals surface area contributed by atoms with Crippen molar-refractivity contribution in [2.45, 2.75) is 19.8 Å². The molecule has 158 valence electrons. The summed E-state index contributed by atoms with van der Waals surface area (Å²) in [6.07, 6.45) is 3.86. The fourth-order valence-corrected chi connectivity index (χ4v) is 4.26. The van der Waals surface area contributed by atoms with Crippen LogP contribution in [0.15, 0.2) is 55.5 Å². The minimum Gasteiger partial charge on any atom is -0.370 e. The summed E-state index contributed by atoms with van der Waals surface area (Å²) < 4.78 is 2.46. The third kappa shape index (κ3) is 3.65. The molecular weight excluding hydrogens is 460 g/mol. The number of nitrogens with one attached hydrogen (secondary N) is 3. The summed E-state index contributed by atoms with van der Waals surface area (Å²) in [5.41, 5.74) is 4.69. The molecule has 0 atom stereocenters. The molecule has 0 saturated carbocycles. The molecule has 0 unspecified atom stereocenters. The molecule has 0 amide bonds. The van der Waals surface area contributed by atoms with Gasteiger partial charge in [-0.3, -0.25) is 14.9 Å². The Bertz CT molecular complexity index is 1400. The van der Waals surface area contributed by atoms with Crippen molar-refractivity contribution in [3.63, 3.8) is 0 Å². The number of hydrogen-bond acceptors (Lipinski definition) is 4. The van der Waals surface area contributed by atoms with Crippen molar-refractivity contribution in [1.82, 2.24) is 19.7 Å². The van der Waals surface area contributed by atoms with Crippen LogP contribution in [0.3, 0.4) is 0 Å². The number of aliphatic imine (C=N–C) groups is 1. The second-order valence-electron chi connectivity index (χ2n) is 7.69. The van der Waals surface area contributed by atoms with Gasteiger partial charge in [0.05, 0.1) is 33.7 Å². The third-order valence-electron chi connectivity index (χ3n) is 5.59. The Morgan fingerprint density at radius 1 is 1.03 bits per heavy atom. The van der Waals surface area contributed by atoms with Gasteiger partial charge >= 0.3 is 5.69 Å². The van der Waals surface area contributed by atoms with Gasteiger partial charge in [0.1, 0.15) is 0 Å². The monoisotopic (exact) mass is 480 g/mol. The normalized spacial score (nSPS) is 14.3. The molecule has 9 heteroatoms. The second kappa shape index (κ2) is 7.73. The molecule has 3 heterocycles. The molecule has 1 aliphatic heterocycles. The van der Waals surface area contributed by atoms with Crippen molar-refractivity contribution in [3.05, 3.63) is 73.0 Å². The van der Waals surface area contributed by atoms with E-state index < -0.39 is 0 Å². The van der Waals surface area contributed by atoms with E-state index in [1.807, 2.05) is 43.3 Å². The lowest BCUT2D eigenvalue weighted by atomic mass is 10.2. The van der Waals surface area contributed by atoms with Crippen LogP contribution in [0.25, 0.3) is 16.7 Å². The Kier molecular flexibility index (Phi) is 4.90. The number of fused-ring (bicyclic) bond motifs is 1. The predicted molar refractivity (Wildman–Crippen MR) is 126 cm³/mol. The fraction of sp³-hybridized carbons (Fsp3) is 0.227. The molecule has 2 aromatic carbocycles. The molecule has 0 bridgehead atoms. The molecule has 1 fully saturated rings. The number of hydrogen-bond donors (Lipinski definition) is 3. The van der Waals surface area contributed by atoms with Crippen molar-refractivity contribution >= 4 is 44.6 Å². The number of aromatic nitrogens is 4. The molecule has 8 nitrogen and oxygen atoms in total. The van der Waals surface area contributed by atoms with E-state index in [2.05, 4.69) is 40.9 Å². The number of aromatic amines is 3. The van der Waals surface area contributed by atoms with E-state index in [1.54, 1.807) is 6.21 Å². The van der Waals surface area contributed by atoms with Crippen LogP contribution in [-0.2, 0) is 0 Å². The maximum atomic E-state index is 13.0. The van der Waals surface area contributed by atoms with E-state index in [0.29, 0.717) is 11.1 Å². The predicted octanol–water partition coefficient (Wildman–Crippen LogP) is 3.76. The number of anilines is 1. The second-order valence-corrected chi connectivity index (χ2v) is 8.60. The van der Waals surface area contributed by atoms with E-state index in [0.717, 1.165) is 58.7 Å². The minimum atomic E-state index is -0.248. The van der Waals surface area contributed by atoms with Crippen LogP contribution in [0.5, 0.6) is 0 Å². The molecule has 2 aromatic heterocycles. The van der Waals surface area contributed by atoms with Gasteiger partial charge in [-0.15, -0.1) is 0 Å². The number of rotatable bonds is 4. The van der Waals surface area contributed by atoms with Gasteiger partial charge in [-0.25, -0.2) is 9.48 Å². The van der Waals surface area contributed by atoms with Crippen molar-refractivity contribution in [3.8, 4) is 5.69 Å². The Labute approximate surface area is 185 Å². The zero-order valence-electron chi connectivity index (χ0n) is 16.9. The first-order valence-corrected chi connectivity index (χ1v) is 10.9. The Morgan fingerprint density at radius 2 is 1.71 bits per heavy atom. The fourth-order valence-electron chi connectivity index (χ4n) is 3.99. The lowest BCUT2D eigenvalue weighted by molar-refractivity contribution is 0.835.